The summed E-state index contributed by atoms with van der Waals surface area (Å²) >= 11 is 1.61. The van der Waals surface area contributed by atoms with Gasteiger partial charge in [-0.1, -0.05) is 86.5 Å². The van der Waals surface area contributed by atoms with Gasteiger partial charge in [0.05, 0.1) is 11.1 Å². The molecule has 4 aromatic carbocycles. The van der Waals surface area contributed by atoms with E-state index in [4.69, 9.17) is 4.98 Å². The molecule has 1 N–H and O–H groups in total. The molecule has 0 fully saturated rings. The summed E-state index contributed by atoms with van der Waals surface area (Å²) in [6.45, 7) is 6.67. The summed E-state index contributed by atoms with van der Waals surface area (Å²) < 4.78 is 1.09. The Morgan fingerprint density at radius 3 is 2.26 bits per heavy atom. The van der Waals surface area contributed by atoms with Gasteiger partial charge in [-0.15, -0.1) is 41.2 Å². The van der Waals surface area contributed by atoms with E-state index in [1.165, 1.54) is 5.56 Å². The molecule has 39 heavy (non-hydrogen) atoms. The van der Waals surface area contributed by atoms with Crippen LogP contribution in [0.5, 0.6) is 5.75 Å². The Hall–Kier alpha value is -3.59. The molecule has 0 atom stereocenters. The van der Waals surface area contributed by atoms with Gasteiger partial charge in [0.2, 0.25) is 0 Å². The summed E-state index contributed by atoms with van der Waals surface area (Å²) in [5.74, 6) is 0.238. The van der Waals surface area contributed by atoms with Crippen LogP contribution in [0.15, 0.2) is 103 Å². The fraction of sp³-hybridized carbons (Fsp3) is 0.118. The second-order valence-electron chi connectivity index (χ2n) is 10.4. The fourth-order valence-electron chi connectivity index (χ4n) is 4.60. The summed E-state index contributed by atoms with van der Waals surface area (Å²) in [7, 11) is 0. The molecule has 0 saturated heterocycles. The summed E-state index contributed by atoms with van der Waals surface area (Å²) in [6.07, 6.45) is 1.86. The Kier molecular flexibility index (Phi) is 7.53. The number of pyridine rings is 1. The van der Waals surface area contributed by atoms with Crippen molar-refractivity contribution in [1.82, 2.24) is 9.97 Å². The van der Waals surface area contributed by atoms with Crippen LogP contribution < -0.4 is 0 Å². The van der Waals surface area contributed by atoms with Gasteiger partial charge in [0.25, 0.3) is 0 Å². The molecule has 0 aliphatic heterocycles. The molecule has 0 radical (unpaired) electrons. The predicted molar refractivity (Wildman–Crippen MR) is 158 cm³/mol. The number of aromatic hydroxyl groups is 1. The van der Waals surface area contributed by atoms with Crippen LogP contribution in [-0.4, -0.2) is 15.1 Å². The SMILES string of the molecule is CC(C)(C)c1cc(-c2[c-]c(-c3cc(-c4ccccc4)ccn3)ccc2)c2nc(-c3ccccc3O)sc2c1.[Pt]. The zero-order valence-electron chi connectivity index (χ0n) is 21.9. The van der Waals surface area contributed by atoms with Crippen molar-refractivity contribution in [3.05, 3.63) is 115 Å². The number of rotatable bonds is 4. The Morgan fingerprint density at radius 1 is 0.744 bits per heavy atom. The summed E-state index contributed by atoms with van der Waals surface area (Å²) in [6, 6.07) is 36.2. The molecule has 2 aromatic heterocycles. The molecule has 2 heterocycles. The molecule has 0 aliphatic carbocycles. The van der Waals surface area contributed by atoms with E-state index >= 15 is 0 Å². The molecule has 6 aromatic rings. The van der Waals surface area contributed by atoms with Crippen LogP contribution in [-0.2, 0) is 26.5 Å². The molecule has 0 spiro atoms. The van der Waals surface area contributed by atoms with Crippen LogP contribution >= 0.6 is 11.3 Å². The fourth-order valence-corrected chi connectivity index (χ4v) is 5.67. The van der Waals surface area contributed by atoms with Gasteiger partial charge in [-0.2, -0.15) is 0 Å². The van der Waals surface area contributed by atoms with Crippen molar-refractivity contribution in [1.29, 1.82) is 0 Å². The number of nitrogens with zero attached hydrogens (tertiary/aromatic N) is 2. The first kappa shape index (κ1) is 27.0. The molecule has 5 heteroatoms. The van der Waals surface area contributed by atoms with Crippen molar-refractivity contribution >= 4 is 21.6 Å². The van der Waals surface area contributed by atoms with E-state index in [1.807, 2.05) is 48.7 Å². The Bertz CT molecular complexity index is 1770. The minimum absolute atomic E-state index is 0. The van der Waals surface area contributed by atoms with E-state index in [0.717, 1.165) is 54.3 Å². The molecular formula is C34H27N2OPtS-. The standard InChI is InChI=1S/C34H27N2OS.Pt/c1-34(2,3)26-20-28(32-31(21-26)38-33(36-32)27-14-7-8-15-30(27)37)24-12-9-13-25(18-24)29-19-23(16-17-35-29)22-10-5-4-6-11-22;/h4-17,19-21,37H,1-3H3;/q-1;. The molecule has 0 unspecified atom stereocenters. The van der Waals surface area contributed by atoms with Crippen molar-refractivity contribution in [2.24, 2.45) is 0 Å². The van der Waals surface area contributed by atoms with E-state index in [1.54, 1.807) is 17.4 Å². The predicted octanol–water partition coefficient (Wildman–Crippen LogP) is 9.16. The number of aromatic nitrogens is 2. The second-order valence-corrected chi connectivity index (χ2v) is 11.5. The first-order chi connectivity index (χ1) is 18.4. The van der Waals surface area contributed by atoms with Crippen molar-refractivity contribution in [2.75, 3.05) is 0 Å². The zero-order valence-corrected chi connectivity index (χ0v) is 25.0. The monoisotopic (exact) mass is 706 g/mol. The van der Waals surface area contributed by atoms with Crippen LogP contribution in [0.4, 0.5) is 0 Å². The van der Waals surface area contributed by atoms with Crippen LogP contribution in [0.1, 0.15) is 26.3 Å². The van der Waals surface area contributed by atoms with Gasteiger partial charge in [-0.05, 0) is 46.4 Å². The first-order valence-corrected chi connectivity index (χ1v) is 13.5. The van der Waals surface area contributed by atoms with E-state index < -0.39 is 0 Å². The smallest absolute Gasteiger partial charge is 0.127 e. The van der Waals surface area contributed by atoms with Crippen molar-refractivity contribution in [3.8, 4) is 49.8 Å². The number of benzene rings is 4. The number of thiazole rings is 1. The van der Waals surface area contributed by atoms with Gasteiger partial charge < -0.3 is 5.11 Å². The van der Waals surface area contributed by atoms with Gasteiger partial charge in [0.15, 0.2) is 0 Å². The molecule has 6 rings (SSSR count). The first-order valence-electron chi connectivity index (χ1n) is 12.6. The number of hydrogen-bond donors (Lipinski definition) is 1. The number of hydrogen-bond acceptors (Lipinski definition) is 4. The molecule has 3 nitrogen and oxygen atoms in total. The van der Waals surface area contributed by atoms with Crippen LogP contribution in [0.25, 0.3) is 54.3 Å². The van der Waals surface area contributed by atoms with Crippen molar-refractivity contribution in [3.63, 3.8) is 0 Å². The molecule has 0 amide bonds. The summed E-state index contributed by atoms with van der Waals surface area (Å²) in [5, 5.41) is 11.3. The number of phenolic OH excluding ortho intramolecular Hbond substituents is 1. The largest absolute Gasteiger partial charge is 0.507 e. The van der Waals surface area contributed by atoms with Gasteiger partial charge in [-0.25, -0.2) is 4.98 Å². The third kappa shape index (κ3) is 5.45. The normalized spacial score (nSPS) is 11.4. The summed E-state index contributed by atoms with van der Waals surface area (Å²) in [4.78, 5) is 9.69. The molecule has 0 aliphatic rings. The maximum absolute atomic E-state index is 10.5. The van der Waals surface area contributed by atoms with Crippen LogP contribution in [0.3, 0.4) is 0 Å². The minimum Gasteiger partial charge on any atom is -0.507 e. The quantitative estimate of drug-likeness (QED) is 0.186. The van der Waals surface area contributed by atoms with Crippen LogP contribution in [0, 0.1) is 6.07 Å². The molecule has 196 valence electrons. The van der Waals surface area contributed by atoms with Gasteiger partial charge >= 0.3 is 0 Å². The average Bonchev–Trinajstić information content (AvgIpc) is 3.37. The van der Waals surface area contributed by atoms with Crippen LogP contribution in [0.2, 0.25) is 0 Å². The molecule has 0 saturated carbocycles. The molecular weight excluding hydrogens is 680 g/mol. The Balaban J connectivity index is 0.00000308. The number of fused-ring (bicyclic) bond motifs is 1. The van der Waals surface area contributed by atoms with E-state index in [-0.39, 0.29) is 32.2 Å². The van der Waals surface area contributed by atoms with Crippen molar-refractivity contribution in [2.45, 2.75) is 26.2 Å². The van der Waals surface area contributed by atoms with Gasteiger partial charge in [0.1, 0.15) is 10.8 Å². The van der Waals surface area contributed by atoms with E-state index in [9.17, 15) is 5.11 Å². The van der Waals surface area contributed by atoms with E-state index in [2.05, 4.69) is 80.4 Å². The number of para-hydroxylation sites is 1. The van der Waals surface area contributed by atoms with Gasteiger partial charge in [0, 0.05) is 37.7 Å². The van der Waals surface area contributed by atoms with Gasteiger partial charge in [-0.3, -0.25) is 4.98 Å². The maximum Gasteiger partial charge on any atom is 0.127 e. The van der Waals surface area contributed by atoms with E-state index in [0.29, 0.717) is 0 Å². The van der Waals surface area contributed by atoms with Crippen molar-refractivity contribution < 1.29 is 26.2 Å². The maximum atomic E-state index is 10.5. The minimum atomic E-state index is -0.0365. The topological polar surface area (TPSA) is 46.0 Å². The average molecular weight is 707 g/mol. The number of phenols is 1. The summed E-state index contributed by atoms with van der Waals surface area (Å²) in [5.41, 5.74) is 8.96. The third-order valence-electron chi connectivity index (χ3n) is 6.72. The Morgan fingerprint density at radius 2 is 1.49 bits per heavy atom. The Labute approximate surface area is 247 Å². The zero-order chi connectivity index (χ0) is 26.3. The second kappa shape index (κ2) is 10.9. The molecule has 0 bridgehead atoms. The third-order valence-corrected chi connectivity index (χ3v) is 7.76.